The van der Waals surface area contributed by atoms with Crippen LogP contribution in [0.3, 0.4) is 0 Å². The molecular weight excluding hydrogens is 458 g/mol. The third-order valence-corrected chi connectivity index (χ3v) is 6.58. The Labute approximate surface area is 189 Å². The first-order chi connectivity index (χ1) is 15.0. The van der Waals surface area contributed by atoms with Gasteiger partial charge in [-0.05, 0) is 50.7 Å². The molecule has 0 bridgehead atoms. The third kappa shape index (κ3) is 3.92. The third-order valence-electron chi connectivity index (χ3n) is 6.09. The van der Waals surface area contributed by atoms with Gasteiger partial charge >= 0.3 is 0 Å². The van der Waals surface area contributed by atoms with Crippen molar-refractivity contribution in [2.24, 2.45) is 0 Å². The van der Waals surface area contributed by atoms with Crippen molar-refractivity contribution in [3.63, 3.8) is 0 Å². The predicted octanol–water partition coefficient (Wildman–Crippen LogP) is 3.76. The van der Waals surface area contributed by atoms with E-state index in [1.54, 1.807) is 0 Å². The van der Waals surface area contributed by atoms with Gasteiger partial charge in [0.1, 0.15) is 5.92 Å². The smallest absolute Gasteiger partial charge is 0.238 e. The summed E-state index contributed by atoms with van der Waals surface area (Å²) in [6, 6.07) is 6.25. The van der Waals surface area contributed by atoms with Crippen LogP contribution in [-0.4, -0.2) is 57.7 Å². The molecule has 5 rings (SSSR count). The van der Waals surface area contributed by atoms with Gasteiger partial charge < -0.3 is 15.5 Å². The summed E-state index contributed by atoms with van der Waals surface area (Å²) in [6.07, 6.45) is 6.74. The Bertz CT molecular complexity index is 1140. The molecule has 8 nitrogen and oxygen atoms in total. The van der Waals surface area contributed by atoms with Crippen LogP contribution in [0.2, 0.25) is 0 Å². The quantitative estimate of drug-likeness (QED) is 0.554. The maximum Gasteiger partial charge on any atom is 0.238 e. The molecule has 31 heavy (non-hydrogen) atoms. The van der Waals surface area contributed by atoms with Gasteiger partial charge in [-0.25, -0.2) is 4.98 Å². The molecule has 1 aromatic carbocycles. The maximum atomic E-state index is 13.0. The molecule has 3 aromatic rings. The lowest BCUT2D eigenvalue weighted by atomic mass is 9.95. The summed E-state index contributed by atoms with van der Waals surface area (Å²) in [4.78, 5) is 24.6. The van der Waals surface area contributed by atoms with Crippen molar-refractivity contribution in [1.29, 1.82) is 0 Å². The fourth-order valence-corrected chi connectivity index (χ4v) is 4.87. The molecule has 0 saturated heterocycles. The van der Waals surface area contributed by atoms with Gasteiger partial charge in [-0.1, -0.05) is 28.8 Å². The van der Waals surface area contributed by atoms with E-state index in [1.165, 1.54) is 12.8 Å². The van der Waals surface area contributed by atoms with Crippen molar-refractivity contribution >= 4 is 44.5 Å². The van der Waals surface area contributed by atoms with Gasteiger partial charge in [0.15, 0.2) is 5.65 Å². The summed E-state index contributed by atoms with van der Waals surface area (Å²) in [7, 11) is 4.05. The second-order valence-electron chi connectivity index (χ2n) is 8.60. The van der Waals surface area contributed by atoms with Crippen LogP contribution in [0.15, 0.2) is 28.9 Å². The number of aromatic nitrogens is 4. The summed E-state index contributed by atoms with van der Waals surface area (Å²) in [5.41, 5.74) is 3.10. The number of rotatable bonds is 6. The van der Waals surface area contributed by atoms with E-state index < -0.39 is 5.92 Å². The molecule has 1 atom stereocenters. The molecule has 162 valence electrons. The Morgan fingerprint density at radius 1 is 1.26 bits per heavy atom. The number of anilines is 2. The van der Waals surface area contributed by atoms with Gasteiger partial charge in [0.25, 0.3) is 0 Å². The van der Waals surface area contributed by atoms with Crippen LogP contribution >= 0.6 is 15.9 Å². The van der Waals surface area contributed by atoms with Crippen LogP contribution in [0.25, 0.3) is 11.0 Å². The molecule has 2 aromatic heterocycles. The lowest BCUT2D eigenvalue weighted by Gasteiger charge is -2.13. The number of halogens is 1. The molecule has 0 radical (unpaired) electrons. The molecule has 1 saturated carbocycles. The Hall–Kier alpha value is -2.52. The summed E-state index contributed by atoms with van der Waals surface area (Å²) in [5, 5.41) is 12.0. The van der Waals surface area contributed by atoms with Gasteiger partial charge in [-0.15, -0.1) is 0 Å². The van der Waals surface area contributed by atoms with E-state index in [4.69, 9.17) is 10.1 Å². The minimum atomic E-state index is -0.492. The number of nitrogens with zero attached hydrogens (tertiary/aromatic N) is 5. The summed E-state index contributed by atoms with van der Waals surface area (Å²) < 4.78 is 2.97. The second-order valence-corrected chi connectivity index (χ2v) is 9.52. The van der Waals surface area contributed by atoms with Gasteiger partial charge in [-0.3, -0.25) is 9.48 Å². The first kappa shape index (κ1) is 20.4. The van der Waals surface area contributed by atoms with Crippen LogP contribution in [0, 0.1) is 0 Å². The number of likely N-dealkylation sites (N-methyl/N-ethyl adjacent to an activating group) is 1. The molecular formula is C22H26BrN7O. The van der Waals surface area contributed by atoms with E-state index in [9.17, 15) is 4.79 Å². The Morgan fingerprint density at radius 2 is 2.06 bits per heavy atom. The minimum absolute atomic E-state index is 0.0686. The topological polar surface area (TPSA) is 88.0 Å². The molecule has 1 unspecified atom stereocenters. The lowest BCUT2D eigenvalue weighted by Crippen LogP contribution is -2.22. The highest BCUT2D eigenvalue weighted by molar-refractivity contribution is 9.10. The number of nitrogens with one attached hydrogen (secondary N) is 2. The summed E-state index contributed by atoms with van der Waals surface area (Å²) in [5.74, 6) is -0.0492. The maximum absolute atomic E-state index is 13.0. The highest BCUT2D eigenvalue weighted by Crippen LogP contribution is 2.41. The molecule has 2 aliphatic rings. The highest BCUT2D eigenvalue weighted by Gasteiger charge is 2.35. The fourth-order valence-electron chi connectivity index (χ4n) is 4.50. The van der Waals surface area contributed by atoms with Gasteiger partial charge in [0.2, 0.25) is 11.9 Å². The van der Waals surface area contributed by atoms with Crippen LogP contribution in [0.1, 0.15) is 48.9 Å². The van der Waals surface area contributed by atoms with Crippen LogP contribution in [-0.2, 0) is 4.79 Å². The average Bonchev–Trinajstić information content (AvgIpc) is 3.44. The number of benzene rings is 1. The fraction of sp³-hybridized carbons (Fsp3) is 0.455. The van der Waals surface area contributed by atoms with Crippen molar-refractivity contribution in [3.05, 3.63) is 40.1 Å². The highest BCUT2D eigenvalue weighted by atomic mass is 79.9. The Balaban J connectivity index is 1.61. The van der Waals surface area contributed by atoms with Crippen molar-refractivity contribution in [1.82, 2.24) is 24.6 Å². The summed E-state index contributed by atoms with van der Waals surface area (Å²) in [6.45, 7) is 1.56. The zero-order valence-electron chi connectivity index (χ0n) is 17.7. The van der Waals surface area contributed by atoms with E-state index in [2.05, 4.69) is 36.4 Å². The largest absolute Gasteiger partial charge is 0.353 e. The number of carbonyl (C=O) groups excluding carboxylic acids is 1. The van der Waals surface area contributed by atoms with Crippen molar-refractivity contribution < 1.29 is 4.79 Å². The predicted molar refractivity (Wildman–Crippen MR) is 124 cm³/mol. The van der Waals surface area contributed by atoms with E-state index in [0.29, 0.717) is 29.9 Å². The van der Waals surface area contributed by atoms with Gasteiger partial charge in [0, 0.05) is 29.4 Å². The van der Waals surface area contributed by atoms with Gasteiger partial charge in [0.05, 0.1) is 17.1 Å². The Kier molecular flexibility index (Phi) is 5.39. The van der Waals surface area contributed by atoms with Crippen molar-refractivity contribution in [2.75, 3.05) is 37.8 Å². The zero-order chi connectivity index (χ0) is 21.5. The molecule has 1 fully saturated rings. The number of amides is 1. The molecule has 0 spiro atoms. The van der Waals surface area contributed by atoms with Crippen molar-refractivity contribution in [2.45, 2.75) is 37.6 Å². The van der Waals surface area contributed by atoms with Gasteiger partial charge in [-0.2, -0.15) is 10.1 Å². The molecule has 1 aliphatic heterocycles. The van der Waals surface area contributed by atoms with E-state index in [-0.39, 0.29) is 5.91 Å². The molecule has 1 aliphatic carbocycles. The number of fused-ring (bicyclic) bond motifs is 2. The average molecular weight is 484 g/mol. The van der Waals surface area contributed by atoms with Crippen LogP contribution in [0.5, 0.6) is 0 Å². The normalized spacial score (nSPS) is 18.7. The standard InChI is InChI=1S/C22H26BrN7O/c1-29(2)10-9-24-22-26-19(18-15-11-13(23)7-8-17(15)25-21(18)31)16-12-30(28-20(16)27-22)14-5-3-4-6-14/h7-8,11-12,14,18H,3-6,9-10H2,1-2H3,(H,25,31)(H,24,27,28). The van der Waals surface area contributed by atoms with Crippen LogP contribution in [0.4, 0.5) is 11.6 Å². The lowest BCUT2D eigenvalue weighted by molar-refractivity contribution is -0.116. The van der Waals surface area contributed by atoms with Crippen molar-refractivity contribution in [3.8, 4) is 0 Å². The molecule has 9 heteroatoms. The number of carbonyl (C=O) groups is 1. The SMILES string of the molecule is CN(C)CCNc1nc(C2C(=O)Nc3ccc(Br)cc32)c2cn(C3CCCC3)nc2n1. The first-order valence-electron chi connectivity index (χ1n) is 10.8. The molecule has 2 N–H and O–H groups in total. The first-order valence-corrected chi connectivity index (χ1v) is 11.5. The number of hydrogen-bond acceptors (Lipinski definition) is 6. The van der Waals surface area contributed by atoms with Crippen LogP contribution < -0.4 is 10.6 Å². The number of hydrogen-bond donors (Lipinski definition) is 2. The molecule has 1 amide bonds. The molecule has 3 heterocycles. The zero-order valence-corrected chi connectivity index (χ0v) is 19.3. The van der Waals surface area contributed by atoms with E-state index >= 15 is 0 Å². The van der Waals surface area contributed by atoms with E-state index in [1.807, 2.05) is 43.2 Å². The minimum Gasteiger partial charge on any atom is -0.353 e. The summed E-state index contributed by atoms with van der Waals surface area (Å²) >= 11 is 3.54. The van der Waals surface area contributed by atoms with E-state index in [0.717, 1.165) is 40.5 Å². The monoisotopic (exact) mass is 483 g/mol. The Morgan fingerprint density at radius 3 is 2.84 bits per heavy atom. The second kappa shape index (κ2) is 8.20.